The van der Waals surface area contributed by atoms with Gasteiger partial charge in [0.15, 0.2) is 0 Å². The lowest BCUT2D eigenvalue weighted by Crippen LogP contribution is -2.48. The summed E-state index contributed by atoms with van der Waals surface area (Å²) in [5.74, 6) is 0. The predicted molar refractivity (Wildman–Crippen MR) is 70.9 cm³/mol. The van der Waals surface area contributed by atoms with Crippen molar-refractivity contribution in [1.29, 1.82) is 0 Å². The quantitative estimate of drug-likeness (QED) is 0.896. The fourth-order valence-electron chi connectivity index (χ4n) is 1.98. The Bertz CT molecular complexity index is 322. The van der Waals surface area contributed by atoms with Gasteiger partial charge in [-0.3, -0.25) is 9.58 Å². The lowest BCUT2D eigenvalue weighted by molar-refractivity contribution is 0.195. The van der Waals surface area contributed by atoms with Crippen LogP contribution < -0.4 is 5.32 Å². The van der Waals surface area contributed by atoms with Gasteiger partial charge >= 0.3 is 0 Å². The second-order valence-corrected chi connectivity index (χ2v) is 5.01. The monoisotopic (exact) mass is 308 g/mol. The molecular weight excluding hydrogens is 291 g/mol. The van der Waals surface area contributed by atoms with Crippen LogP contribution in [0.15, 0.2) is 10.7 Å². The minimum Gasteiger partial charge on any atom is -0.312 e. The van der Waals surface area contributed by atoms with E-state index in [-0.39, 0.29) is 12.4 Å². The van der Waals surface area contributed by atoms with Gasteiger partial charge in [0.05, 0.1) is 16.4 Å². The molecule has 16 heavy (non-hydrogen) atoms. The Balaban J connectivity index is 0.00000128. The zero-order valence-corrected chi connectivity index (χ0v) is 12.0. The summed E-state index contributed by atoms with van der Waals surface area (Å²) >= 11 is 3.53. The summed E-state index contributed by atoms with van der Waals surface area (Å²) in [7, 11) is 1.99. The lowest BCUT2D eigenvalue weighted by atomic mass is 10.2. The number of aryl methyl sites for hydroxylation is 1. The summed E-state index contributed by atoms with van der Waals surface area (Å²) in [5, 5.41) is 7.67. The topological polar surface area (TPSA) is 33.1 Å². The molecule has 6 heteroatoms. The van der Waals surface area contributed by atoms with Gasteiger partial charge in [-0.1, -0.05) is 0 Å². The third-order valence-electron chi connectivity index (χ3n) is 2.84. The molecular formula is C10H18BrClN4. The normalized spacial score (nSPS) is 21.8. The van der Waals surface area contributed by atoms with E-state index >= 15 is 0 Å². The Labute approximate surface area is 111 Å². The van der Waals surface area contributed by atoms with Crippen molar-refractivity contribution in [1.82, 2.24) is 20.0 Å². The largest absolute Gasteiger partial charge is 0.312 e. The van der Waals surface area contributed by atoms with Crippen LogP contribution in [0.5, 0.6) is 0 Å². The summed E-state index contributed by atoms with van der Waals surface area (Å²) in [4.78, 5) is 2.46. The van der Waals surface area contributed by atoms with Crippen molar-refractivity contribution in [3.8, 4) is 0 Å². The second kappa shape index (κ2) is 6.00. The minimum atomic E-state index is 0. The Morgan fingerprint density at radius 1 is 1.62 bits per heavy atom. The van der Waals surface area contributed by atoms with Gasteiger partial charge in [0.25, 0.3) is 0 Å². The number of halogens is 2. The van der Waals surface area contributed by atoms with Gasteiger partial charge in [0.2, 0.25) is 0 Å². The number of piperazine rings is 1. The Kier molecular flexibility index (Phi) is 5.24. The van der Waals surface area contributed by atoms with E-state index in [1.54, 1.807) is 0 Å². The maximum absolute atomic E-state index is 4.23. The molecule has 4 nitrogen and oxygen atoms in total. The van der Waals surface area contributed by atoms with Gasteiger partial charge in [0, 0.05) is 39.3 Å². The van der Waals surface area contributed by atoms with Crippen LogP contribution in [-0.2, 0) is 13.6 Å². The van der Waals surface area contributed by atoms with Crippen molar-refractivity contribution >= 4 is 28.3 Å². The maximum Gasteiger partial charge on any atom is 0.0663 e. The summed E-state index contributed by atoms with van der Waals surface area (Å²) in [6.45, 7) is 6.50. The summed E-state index contributed by atoms with van der Waals surface area (Å²) in [6.07, 6.45) is 1.86. The van der Waals surface area contributed by atoms with E-state index in [9.17, 15) is 0 Å². The molecule has 1 aromatic rings. The first kappa shape index (κ1) is 14.0. The molecule has 0 radical (unpaired) electrons. The number of nitrogens with zero attached hydrogens (tertiary/aromatic N) is 3. The predicted octanol–water partition coefficient (Wildman–Crippen LogP) is 1.40. The molecule has 0 spiro atoms. The van der Waals surface area contributed by atoms with E-state index in [0.29, 0.717) is 6.04 Å². The molecule has 1 unspecified atom stereocenters. The molecule has 0 amide bonds. The van der Waals surface area contributed by atoms with Gasteiger partial charge in [-0.05, 0) is 22.9 Å². The molecule has 0 saturated carbocycles. The smallest absolute Gasteiger partial charge is 0.0663 e. The van der Waals surface area contributed by atoms with Crippen molar-refractivity contribution in [3.63, 3.8) is 0 Å². The number of hydrogen-bond donors (Lipinski definition) is 1. The molecule has 1 atom stereocenters. The van der Waals surface area contributed by atoms with E-state index in [0.717, 1.165) is 30.7 Å². The number of aromatic nitrogens is 2. The first-order valence-electron chi connectivity index (χ1n) is 5.29. The first-order valence-corrected chi connectivity index (χ1v) is 6.08. The van der Waals surface area contributed by atoms with Crippen LogP contribution in [0.4, 0.5) is 0 Å². The first-order chi connectivity index (χ1) is 7.16. The molecule has 2 heterocycles. The van der Waals surface area contributed by atoms with Crippen molar-refractivity contribution < 1.29 is 0 Å². The molecule has 0 bridgehead atoms. The van der Waals surface area contributed by atoms with Gasteiger partial charge in [0.1, 0.15) is 0 Å². The van der Waals surface area contributed by atoms with Crippen molar-refractivity contribution in [3.05, 3.63) is 16.4 Å². The molecule has 1 aliphatic heterocycles. The summed E-state index contributed by atoms with van der Waals surface area (Å²) < 4.78 is 3.05. The third kappa shape index (κ3) is 3.20. The van der Waals surface area contributed by atoms with Crippen molar-refractivity contribution in [2.75, 3.05) is 19.6 Å². The van der Waals surface area contributed by atoms with E-state index < -0.39 is 0 Å². The van der Waals surface area contributed by atoms with Gasteiger partial charge in [-0.15, -0.1) is 12.4 Å². The van der Waals surface area contributed by atoms with Crippen LogP contribution in [0.25, 0.3) is 0 Å². The van der Waals surface area contributed by atoms with Crippen LogP contribution in [0.2, 0.25) is 0 Å². The molecule has 1 aromatic heterocycles. The molecule has 0 aromatic carbocycles. The van der Waals surface area contributed by atoms with Crippen LogP contribution in [0.1, 0.15) is 12.6 Å². The van der Waals surface area contributed by atoms with E-state index in [2.05, 4.69) is 38.2 Å². The minimum absolute atomic E-state index is 0. The molecule has 1 aliphatic rings. The number of rotatable bonds is 2. The summed E-state index contributed by atoms with van der Waals surface area (Å²) in [5.41, 5.74) is 1.25. The van der Waals surface area contributed by atoms with Crippen molar-refractivity contribution in [2.45, 2.75) is 19.5 Å². The molecule has 1 saturated heterocycles. The van der Waals surface area contributed by atoms with Gasteiger partial charge in [-0.25, -0.2) is 0 Å². The fraction of sp³-hybridized carbons (Fsp3) is 0.700. The number of hydrogen-bond acceptors (Lipinski definition) is 3. The highest BCUT2D eigenvalue weighted by Crippen LogP contribution is 2.17. The Morgan fingerprint density at radius 3 is 2.94 bits per heavy atom. The molecule has 92 valence electrons. The third-order valence-corrected chi connectivity index (χ3v) is 3.50. The zero-order valence-electron chi connectivity index (χ0n) is 9.61. The van der Waals surface area contributed by atoms with Gasteiger partial charge in [-0.2, -0.15) is 5.10 Å². The SMILES string of the molecule is CC1CN(Cc2c(Br)cnn2C)CCN1.Cl. The summed E-state index contributed by atoms with van der Waals surface area (Å²) in [6, 6.07) is 0.589. The highest BCUT2D eigenvalue weighted by Gasteiger charge is 2.17. The Hall–Kier alpha value is -0.100. The zero-order chi connectivity index (χ0) is 10.8. The fourth-order valence-corrected chi connectivity index (χ4v) is 2.46. The lowest BCUT2D eigenvalue weighted by Gasteiger charge is -2.31. The standard InChI is InChI=1S/C10H17BrN4.ClH/c1-8-6-15(4-3-12-8)7-10-9(11)5-13-14(10)2;/h5,8,12H,3-4,6-7H2,1-2H3;1H. The second-order valence-electron chi connectivity index (χ2n) is 4.15. The Morgan fingerprint density at radius 2 is 2.38 bits per heavy atom. The van der Waals surface area contributed by atoms with Crippen LogP contribution in [-0.4, -0.2) is 40.4 Å². The average Bonchev–Trinajstić information content (AvgIpc) is 2.50. The van der Waals surface area contributed by atoms with E-state index in [4.69, 9.17) is 0 Å². The van der Waals surface area contributed by atoms with Crippen molar-refractivity contribution in [2.24, 2.45) is 7.05 Å². The molecule has 1 N–H and O–H groups in total. The van der Waals surface area contributed by atoms with Crippen LogP contribution >= 0.6 is 28.3 Å². The molecule has 0 aliphatic carbocycles. The van der Waals surface area contributed by atoms with E-state index in [1.807, 2.05) is 17.9 Å². The van der Waals surface area contributed by atoms with Gasteiger partial charge < -0.3 is 5.32 Å². The average molecular weight is 310 g/mol. The highest BCUT2D eigenvalue weighted by atomic mass is 79.9. The number of nitrogens with one attached hydrogen (secondary N) is 1. The van der Waals surface area contributed by atoms with Crippen LogP contribution in [0, 0.1) is 0 Å². The van der Waals surface area contributed by atoms with E-state index in [1.165, 1.54) is 5.69 Å². The molecule has 2 rings (SSSR count). The van der Waals surface area contributed by atoms with Crippen LogP contribution in [0.3, 0.4) is 0 Å². The highest BCUT2D eigenvalue weighted by molar-refractivity contribution is 9.10. The molecule has 1 fully saturated rings. The maximum atomic E-state index is 4.23.